The van der Waals surface area contributed by atoms with Crippen molar-refractivity contribution >= 4 is 0 Å². The van der Waals surface area contributed by atoms with E-state index >= 15 is 0 Å². The Kier molecular flexibility index (Phi) is 5.83. The molecule has 1 aromatic carbocycles. The molecule has 1 aromatic rings. The molecule has 1 saturated heterocycles. The zero-order chi connectivity index (χ0) is 13.5. The lowest BCUT2D eigenvalue weighted by Crippen LogP contribution is -2.46. The fraction of sp³-hybridized carbons (Fsp3) is 0.625. The van der Waals surface area contributed by atoms with E-state index in [1.54, 1.807) is 0 Å². The molecule has 0 bridgehead atoms. The zero-order valence-corrected chi connectivity index (χ0v) is 12.4. The van der Waals surface area contributed by atoms with Crippen molar-refractivity contribution in [3.63, 3.8) is 0 Å². The highest BCUT2D eigenvalue weighted by Gasteiger charge is 2.16. The van der Waals surface area contributed by atoms with Gasteiger partial charge < -0.3 is 9.80 Å². The quantitative estimate of drug-likeness (QED) is 0.772. The van der Waals surface area contributed by atoms with E-state index in [2.05, 4.69) is 59.1 Å². The van der Waals surface area contributed by atoms with Gasteiger partial charge in [0.1, 0.15) is 0 Å². The summed E-state index contributed by atoms with van der Waals surface area (Å²) in [5, 5.41) is 0. The molecule has 0 atom stereocenters. The number of hydrogen-bond donors (Lipinski definition) is 0. The van der Waals surface area contributed by atoms with Crippen LogP contribution >= 0.6 is 0 Å². The van der Waals surface area contributed by atoms with E-state index in [0.29, 0.717) is 0 Å². The van der Waals surface area contributed by atoms with Gasteiger partial charge >= 0.3 is 0 Å². The fourth-order valence-corrected chi connectivity index (χ4v) is 2.62. The molecular formula is C16H27N3. The van der Waals surface area contributed by atoms with E-state index in [-0.39, 0.29) is 0 Å². The minimum absolute atomic E-state index is 1.10. The van der Waals surface area contributed by atoms with Crippen molar-refractivity contribution in [2.75, 3.05) is 53.4 Å². The van der Waals surface area contributed by atoms with Crippen LogP contribution in [0.5, 0.6) is 0 Å². The molecule has 1 heterocycles. The van der Waals surface area contributed by atoms with Crippen molar-refractivity contribution in [3.05, 3.63) is 35.9 Å². The largest absolute Gasteiger partial charge is 0.309 e. The molecule has 1 aliphatic heterocycles. The second kappa shape index (κ2) is 7.63. The van der Waals surface area contributed by atoms with Crippen molar-refractivity contribution in [1.29, 1.82) is 0 Å². The molecule has 0 saturated carbocycles. The van der Waals surface area contributed by atoms with Crippen LogP contribution in [0.25, 0.3) is 0 Å². The highest BCUT2D eigenvalue weighted by atomic mass is 15.3. The van der Waals surface area contributed by atoms with Crippen molar-refractivity contribution < 1.29 is 0 Å². The maximum Gasteiger partial charge on any atom is 0.0234 e. The summed E-state index contributed by atoms with van der Waals surface area (Å²) in [5.41, 5.74) is 1.43. The molecule has 0 radical (unpaired) electrons. The Bertz CT molecular complexity index is 342. The lowest BCUT2D eigenvalue weighted by molar-refractivity contribution is 0.124. The van der Waals surface area contributed by atoms with Gasteiger partial charge in [-0.2, -0.15) is 0 Å². The third-order valence-electron chi connectivity index (χ3n) is 3.79. The van der Waals surface area contributed by atoms with Gasteiger partial charge in [0.15, 0.2) is 0 Å². The molecule has 19 heavy (non-hydrogen) atoms. The van der Waals surface area contributed by atoms with E-state index in [4.69, 9.17) is 0 Å². The summed E-state index contributed by atoms with van der Waals surface area (Å²) < 4.78 is 0. The molecule has 106 valence electrons. The lowest BCUT2D eigenvalue weighted by Gasteiger charge is -2.34. The molecule has 0 aliphatic carbocycles. The number of piperazine rings is 1. The third-order valence-corrected chi connectivity index (χ3v) is 3.79. The Morgan fingerprint density at radius 3 is 2.21 bits per heavy atom. The predicted molar refractivity (Wildman–Crippen MR) is 81.3 cm³/mol. The third kappa shape index (κ3) is 5.31. The topological polar surface area (TPSA) is 9.72 Å². The molecule has 0 N–H and O–H groups in total. The predicted octanol–water partition coefficient (Wildman–Crippen LogP) is 1.76. The summed E-state index contributed by atoms with van der Waals surface area (Å²) in [7, 11) is 4.30. The van der Waals surface area contributed by atoms with Gasteiger partial charge in [0.2, 0.25) is 0 Å². The van der Waals surface area contributed by atoms with Crippen molar-refractivity contribution in [2.24, 2.45) is 0 Å². The number of benzene rings is 1. The smallest absolute Gasteiger partial charge is 0.0234 e. The van der Waals surface area contributed by atoms with Gasteiger partial charge in [-0.3, -0.25) is 4.90 Å². The molecule has 0 amide bonds. The highest BCUT2D eigenvalue weighted by Crippen LogP contribution is 2.08. The number of nitrogens with zero attached hydrogens (tertiary/aromatic N) is 3. The van der Waals surface area contributed by atoms with Gasteiger partial charge in [-0.25, -0.2) is 0 Å². The maximum absolute atomic E-state index is 2.60. The molecule has 0 spiro atoms. The van der Waals surface area contributed by atoms with Crippen molar-refractivity contribution in [1.82, 2.24) is 14.7 Å². The minimum Gasteiger partial charge on any atom is -0.309 e. The van der Waals surface area contributed by atoms with E-state index in [9.17, 15) is 0 Å². The number of hydrogen-bond acceptors (Lipinski definition) is 3. The average Bonchev–Trinajstić information content (AvgIpc) is 2.42. The number of rotatable bonds is 6. The summed E-state index contributed by atoms with van der Waals surface area (Å²) in [6, 6.07) is 10.8. The van der Waals surface area contributed by atoms with Crippen LogP contribution in [0.4, 0.5) is 0 Å². The van der Waals surface area contributed by atoms with E-state index in [1.807, 2.05) is 0 Å². The standard InChI is InChI=1S/C16H27N3/c1-17(2)9-6-10-18-11-13-19(14-12-18)15-16-7-4-3-5-8-16/h3-5,7-8H,6,9-15H2,1-2H3. The Balaban J connectivity index is 1.65. The van der Waals surface area contributed by atoms with Crippen LogP contribution in [0.15, 0.2) is 30.3 Å². The molecule has 3 heteroatoms. The summed E-state index contributed by atoms with van der Waals surface area (Å²) in [4.78, 5) is 7.44. The summed E-state index contributed by atoms with van der Waals surface area (Å²) in [6.07, 6.45) is 1.28. The van der Waals surface area contributed by atoms with Crippen molar-refractivity contribution in [3.8, 4) is 0 Å². The lowest BCUT2D eigenvalue weighted by atomic mass is 10.2. The van der Waals surface area contributed by atoms with Crippen LogP contribution in [-0.2, 0) is 6.54 Å². The minimum atomic E-state index is 1.10. The second-order valence-corrected chi connectivity index (χ2v) is 5.76. The van der Waals surface area contributed by atoms with Crippen LogP contribution in [0, 0.1) is 0 Å². The SMILES string of the molecule is CN(C)CCCN1CCN(Cc2ccccc2)CC1. The molecule has 2 rings (SSSR count). The van der Waals surface area contributed by atoms with Crippen LogP contribution in [-0.4, -0.2) is 68.1 Å². The van der Waals surface area contributed by atoms with Gasteiger partial charge in [0.25, 0.3) is 0 Å². The first-order valence-corrected chi connectivity index (χ1v) is 7.37. The molecule has 1 fully saturated rings. The summed E-state index contributed by atoms with van der Waals surface area (Å²) in [6.45, 7) is 8.40. The Labute approximate surface area is 117 Å². The van der Waals surface area contributed by atoms with Crippen LogP contribution in [0.1, 0.15) is 12.0 Å². The fourth-order valence-electron chi connectivity index (χ4n) is 2.62. The monoisotopic (exact) mass is 261 g/mol. The first-order valence-electron chi connectivity index (χ1n) is 7.37. The molecule has 0 aromatic heterocycles. The van der Waals surface area contributed by atoms with E-state index in [1.165, 1.54) is 51.3 Å². The highest BCUT2D eigenvalue weighted by molar-refractivity contribution is 5.14. The van der Waals surface area contributed by atoms with Gasteiger partial charge in [0, 0.05) is 32.7 Å². The van der Waals surface area contributed by atoms with Crippen LogP contribution < -0.4 is 0 Å². The Hall–Kier alpha value is -0.900. The summed E-state index contributed by atoms with van der Waals surface area (Å²) in [5.74, 6) is 0. The Morgan fingerprint density at radius 2 is 1.58 bits per heavy atom. The van der Waals surface area contributed by atoms with E-state index in [0.717, 1.165) is 6.54 Å². The molecule has 0 unspecified atom stereocenters. The maximum atomic E-state index is 2.60. The first kappa shape index (κ1) is 14.5. The second-order valence-electron chi connectivity index (χ2n) is 5.76. The normalized spacial score (nSPS) is 18.1. The molecule has 3 nitrogen and oxygen atoms in total. The zero-order valence-electron chi connectivity index (χ0n) is 12.4. The van der Waals surface area contributed by atoms with Gasteiger partial charge in [-0.15, -0.1) is 0 Å². The molecular weight excluding hydrogens is 234 g/mol. The van der Waals surface area contributed by atoms with E-state index < -0.39 is 0 Å². The van der Waals surface area contributed by atoms with Gasteiger partial charge in [0.05, 0.1) is 0 Å². The van der Waals surface area contributed by atoms with Crippen molar-refractivity contribution in [2.45, 2.75) is 13.0 Å². The Morgan fingerprint density at radius 1 is 0.947 bits per heavy atom. The van der Waals surface area contributed by atoms with Crippen LogP contribution in [0.2, 0.25) is 0 Å². The average molecular weight is 261 g/mol. The molecule has 1 aliphatic rings. The first-order chi connectivity index (χ1) is 9.24. The summed E-state index contributed by atoms with van der Waals surface area (Å²) >= 11 is 0. The van der Waals surface area contributed by atoms with Gasteiger partial charge in [-0.1, -0.05) is 30.3 Å². The van der Waals surface area contributed by atoms with Gasteiger partial charge in [-0.05, 0) is 39.2 Å². The van der Waals surface area contributed by atoms with Crippen LogP contribution in [0.3, 0.4) is 0 Å².